The van der Waals surface area contributed by atoms with Crippen LogP contribution in [0.5, 0.6) is 0 Å². The Morgan fingerprint density at radius 3 is 2.71 bits per heavy atom. The van der Waals surface area contributed by atoms with Crippen molar-refractivity contribution in [3.05, 3.63) is 64.6 Å². The second-order valence-corrected chi connectivity index (χ2v) is 9.58. The van der Waals surface area contributed by atoms with Gasteiger partial charge in [-0.15, -0.1) is 11.3 Å². The number of carbonyl (C=O) groups is 2. The molecule has 1 aliphatic heterocycles. The standard InChI is InChI=1S/C26H31N5O3S/c1-30(2)25(32)21-6-3-5-20(15-21)23-7-4-8-24(29-23)31-13-10-19(11-14-31)9-12-27-26(33)34-16-22-17-35-18-28-22/h3-8,15,17-19H,9-14,16H2,1-2H3,(H,27,33). The van der Waals surface area contributed by atoms with Gasteiger partial charge in [-0.25, -0.2) is 14.8 Å². The molecule has 1 aromatic carbocycles. The lowest BCUT2D eigenvalue weighted by Crippen LogP contribution is -2.35. The molecular weight excluding hydrogens is 462 g/mol. The van der Waals surface area contributed by atoms with Crippen molar-refractivity contribution >= 4 is 29.2 Å². The van der Waals surface area contributed by atoms with Gasteiger partial charge in [-0.2, -0.15) is 0 Å². The molecule has 2 amide bonds. The summed E-state index contributed by atoms with van der Waals surface area (Å²) in [7, 11) is 3.51. The first kappa shape index (κ1) is 24.7. The molecule has 1 fully saturated rings. The van der Waals surface area contributed by atoms with Crippen molar-refractivity contribution in [2.24, 2.45) is 5.92 Å². The van der Waals surface area contributed by atoms with Crippen molar-refractivity contribution < 1.29 is 14.3 Å². The van der Waals surface area contributed by atoms with E-state index in [0.717, 1.165) is 55.1 Å². The van der Waals surface area contributed by atoms with Crippen LogP contribution in [-0.2, 0) is 11.3 Å². The van der Waals surface area contributed by atoms with E-state index in [9.17, 15) is 9.59 Å². The molecule has 184 valence electrons. The Morgan fingerprint density at radius 2 is 1.97 bits per heavy atom. The van der Waals surface area contributed by atoms with Crippen molar-refractivity contribution in [2.75, 3.05) is 38.6 Å². The summed E-state index contributed by atoms with van der Waals surface area (Å²) in [5.41, 5.74) is 4.94. The van der Waals surface area contributed by atoms with Gasteiger partial charge in [0.05, 0.1) is 16.9 Å². The molecule has 0 spiro atoms. The van der Waals surface area contributed by atoms with Crippen LogP contribution in [0.1, 0.15) is 35.3 Å². The van der Waals surface area contributed by atoms with Crippen LogP contribution in [-0.4, -0.2) is 60.6 Å². The fourth-order valence-electron chi connectivity index (χ4n) is 4.16. The van der Waals surface area contributed by atoms with E-state index in [1.165, 1.54) is 11.3 Å². The normalized spacial score (nSPS) is 13.9. The number of carbonyl (C=O) groups excluding carboxylic acids is 2. The Bertz CT molecular complexity index is 1130. The fourth-order valence-corrected chi connectivity index (χ4v) is 4.70. The molecule has 1 N–H and O–H groups in total. The molecule has 9 heteroatoms. The topological polar surface area (TPSA) is 87.7 Å². The van der Waals surface area contributed by atoms with Crippen LogP contribution in [0.3, 0.4) is 0 Å². The Hall–Kier alpha value is -3.46. The molecule has 2 aromatic heterocycles. The molecule has 1 saturated heterocycles. The van der Waals surface area contributed by atoms with Crippen molar-refractivity contribution in [1.29, 1.82) is 0 Å². The van der Waals surface area contributed by atoms with Crippen LogP contribution in [0.15, 0.2) is 53.4 Å². The summed E-state index contributed by atoms with van der Waals surface area (Å²) < 4.78 is 5.19. The van der Waals surface area contributed by atoms with E-state index in [1.807, 2.05) is 47.8 Å². The van der Waals surface area contributed by atoms with Crippen LogP contribution >= 0.6 is 11.3 Å². The predicted octanol–water partition coefficient (Wildman–Crippen LogP) is 4.44. The summed E-state index contributed by atoms with van der Waals surface area (Å²) in [5, 5.41) is 4.71. The number of ether oxygens (including phenoxy) is 1. The Kier molecular flexibility index (Phi) is 8.31. The van der Waals surface area contributed by atoms with Gasteiger partial charge in [0, 0.05) is 50.2 Å². The number of piperidine rings is 1. The van der Waals surface area contributed by atoms with Gasteiger partial charge in [0.15, 0.2) is 0 Å². The number of anilines is 1. The molecule has 1 aliphatic rings. The molecule has 4 rings (SSSR count). The van der Waals surface area contributed by atoms with Gasteiger partial charge in [0.25, 0.3) is 5.91 Å². The molecule has 3 aromatic rings. The Balaban J connectivity index is 1.25. The molecule has 35 heavy (non-hydrogen) atoms. The van der Waals surface area contributed by atoms with E-state index in [0.29, 0.717) is 18.0 Å². The molecule has 8 nitrogen and oxygen atoms in total. The van der Waals surface area contributed by atoms with Gasteiger partial charge in [-0.05, 0) is 49.4 Å². The van der Waals surface area contributed by atoms with Crippen LogP contribution in [0, 0.1) is 5.92 Å². The fraction of sp³-hybridized carbons (Fsp3) is 0.385. The number of rotatable bonds is 8. The third-order valence-electron chi connectivity index (χ3n) is 6.14. The van der Waals surface area contributed by atoms with E-state index in [4.69, 9.17) is 9.72 Å². The summed E-state index contributed by atoms with van der Waals surface area (Å²) >= 11 is 1.48. The first-order chi connectivity index (χ1) is 17.0. The molecule has 0 radical (unpaired) electrons. The van der Waals surface area contributed by atoms with Crippen molar-refractivity contribution in [2.45, 2.75) is 25.9 Å². The number of hydrogen-bond acceptors (Lipinski definition) is 7. The van der Waals surface area contributed by atoms with Gasteiger partial charge in [0.1, 0.15) is 12.4 Å². The maximum atomic E-state index is 12.3. The molecule has 0 saturated carbocycles. The van der Waals surface area contributed by atoms with Crippen molar-refractivity contribution in [3.8, 4) is 11.3 Å². The maximum absolute atomic E-state index is 12.3. The Morgan fingerprint density at radius 1 is 1.17 bits per heavy atom. The SMILES string of the molecule is CN(C)C(=O)c1cccc(-c2cccc(N3CCC(CCNC(=O)OCc4cscn4)CC3)n2)c1. The lowest BCUT2D eigenvalue weighted by molar-refractivity contribution is 0.0827. The highest BCUT2D eigenvalue weighted by Gasteiger charge is 2.21. The first-order valence-corrected chi connectivity index (χ1v) is 12.8. The number of nitrogens with one attached hydrogen (secondary N) is 1. The quantitative estimate of drug-likeness (QED) is 0.499. The number of benzene rings is 1. The molecule has 0 unspecified atom stereocenters. The van der Waals surface area contributed by atoms with Gasteiger partial charge in [-0.3, -0.25) is 4.79 Å². The minimum atomic E-state index is -0.396. The second-order valence-electron chi connectivity index (χ2n) is 8.86. The van der Waals surface area contributed by atoms with Crippen molar-refractivity contribution in [1.82, 2.24) is 20.2 Å². The smallest absolute Gasteiger partial charge is 0.407 e. The van der Waals surface area contributed by atoms with Gasteiger partial charge >= 0.3 is 6.09 Å². The highest BCUT2D eigenvalue weighted by Crippen LogP contribution is 2.26. The summed E-state index contributed by atoms with van der Waals surface area (Å²) in [6, 6.07) is 13.7. The van der Waals surface area contributed by atoms with Crippen LogP contribution in [0.4, 0.5) is 10.6 Å². The van der Waals surface area contributed by atoms with Gasteiger partial charge in [-0.1, -0.05) is 18.2 Å². The largest absolute Gasteiger partial charge is 0.443 e. The van der Waals surface area contributed by atoms with E-state index >= 15 is 0 Å². The molecular formula is C26H31N5O3S. The number of thiazole rings is 1. The first-order valence-electron chi connectivity index (χ1n) is 11.8. The summed E-state index contributed by atoms with van der Waals surface area (Å²) in [6.45, 7) is 2.66. The molecule has 0 bridgehead atoms. The molecule has 0 aliphatic carbocycles. The van der Waals surface area contributed by atoms with E-state index < -0.39 is 6.09 Å². The number of alkyl carbamates (subject to hydrolysis) is 1. The second kappa shape index (κ2) is 11.8. The van der Waals surface area contributed by atoms with E-state index in [1.54, 1.807) is 24.5 Å². The van der Waals surface area contributed by atoms with E-state index in [-0.39, 0.29) is 12.5 Å². The maximum Gasteiger partial charge on any atom is 0.407 e. The van der Waals surface area contributed by atoms with E-state index in [2.05, 4.69) is 15.2 Å². The lowest BCUT2D eigenvalue weighted by atomic mass is 9.93. The average molecular weight is 494 g/mol. The number of pyridine rings is 1. The minimum absolute atomic E-state index is 0.0210. The van der Waals surface area contributed by atoms with Gasteiger partial charge in [0.2, 0.25) is 0 Å². The average Bonchev–Trinajstić information content (AvgIpc) is 3.41. The van der Waals surface area contributed by atoms with Crippen LogP contribution in [0.25, 0.3) is 11.3 Å². The summed E-state index contributed by atoms with van der Waals surface area (Å²) in [4.78, 5) is 37.1. The highest BCUT2D eigenvalue weighted by molar-refractivity contribution is 7.07. The molecule has 0 atom stereocenters. The summed E-state index contributed by atoms with van der Waals surface area (Å²) in [6.07, 6.45) is 2.63. The van der Waals surface area contributed by atoms with Crippen LogP contribution in [0.2, 0.25) is 0 Å². The number of hydrogen-bond donors (Lipinski definition) is 1. The third kappa shape index (κ3) is 6.79. The zero-order valence-electron chi connectivity index (χ0n) is 20.1. The zero-order chi connectivity index (χ0) is 24.6. The Labute approximate surface area is 210 Å². The number of aromatic nitrogens is 2. The lowest BCUT2D eigenvalue weighted by Gasteiger charge is -2.33. The summed E-state index contributed by atoms with van der Waals surface area (Å²) in [5.74, 6) is 1.49. The van der Waals surface area contributed by atoms with Crippen LogP contribution < -0.4 is 10.2 Å². The number of amides is 2. The third-order valence-corrected chi connectivity index (χ3v) is 6.78. The van der Waals surface area contributed by atoms with Gasteiger partial charge < -0.3 is 19.9 Å². The number of nitrogens with zero attached hydrogens (tertiary/aromatic N) is 4. The van der Waals surface area contributed by atoms with Crippen molar-refractivity contribution in [3.63, 3.8) is 0 Å². The monoisotopic (exact) mass is 493 g/mol. The molecule has 3 heterocycles. The minimum Gasteiger partial charge on any atom is -0.443 e. The zero-order valence-corrected chi connectivity index (χ0v) is 21.0. The highest BCUT2D eigenvalue weighted by atomic mass is 32.1. The predicted molar refractivity (Wildman–Crippen MR) is 138 cm³/mol.